The molecule has 1 saturated heterocycles. The van der Waals surface area contributed by atoms with Crippen LogP contribution in [0, 0.1) is 0 Å². The summed E-state index contributed by atoms with van der Waals surface area (Å²) < 4.78 is 85.5. The molecule has 0 radical (unpaired) electrons. The zero-order valence-electron chi connectivity index (χ0n) is 23.5. The van der Waals surface area contributed by atoms with E-state index in [1.165, 1.54) is 41.3 Å². The van der Waals surface area contributed by atoms with Gasteiger partial charge in [0, 0.05) is 10.6 Å². The van der Waals surface area contributed by atoms with Crippen LogP contribution in [0.1, 0.15) is 5.56 Å². The standard InChI is InChI=1S/C28H21ClF6N6O5S/c29-18-5-10-22(44-14-27(30,31)32)21(11-18)41-23(42)13-47-26(41)37-25(43)39-45-12-16-1-3-17(4-2-16)24-36-15-40(38-24)19-6-8-20(9-7-19)46-28(33,34)35/h1-11,15,26H,12-14H2,(H2,37,39,43). The van der Waals surface area contributed by atoms with Gasteiger partial charge in [-0.1, -0.05) is 35.9 Å². The summed E-state index contributed by atoms with van der Waals surface area (Å²) in [5.74, 6) is -0.839. The summed E-state index contributed by atoms with van der Waals surface area (Å²) in [5.41, 5.74) is 2.87. The van der Waals surface area contributed by atoms with Gasteiger partial charge in [0.1, 0.15) is 17.8 Å². The van der Waals surface area contributed by atoms with Gasteiger partial charge in [-0.3, -0.25) is 14.5 Å². The van der Waals surface area contributed by atoms with Gasteiger partial charge in [-0.15, -0.1) is 30.0 Å². The van der Waals surface area contributed by atoms with Crippen LogP contribution in [0.25, 0.3) is 17.1 Å². The van der Waals surface area contributed by atoms with Gasteiger partial charge < -0.3 is 14.8 Å². The van der Waals surface area contributed by atoms with Crippen molar-refractivity contribution in [2.45, 2.75) is 24.6 Å². The number of nitrogens with zero attached hydrogens (tertiary/aromatic N) is 4. The lowest BCUT2D eigenvalue weighted by Gasteiger charge is -2.26. The lowest BCUT2D eigenvalue weighted by atomic mass is 10.1. The van der Waals surface area contributed by atoms with E-state index in [-0.39, 0.29) is 34.6 Å². The van der Waals surface area contributed by atoms with Crippen molar-refractivity contribution in [2.75, 3.05) is 17.3 Å². The minimum absolute atomic E-state index is 0.0455. The van der Waals surface area contributed by atoms with Gasteiger partial charge in [-0.25, -0.2) is 19.9 Å². The number of amides is 3. The van der Waals surface area contributed by atoms with Crippen molar-refractivity contribution in [3.05, 3.63) is 83.6 Å². The van der Waals surface area contributed by atoms with Crippen molar-refractivity contribution in [3.8, 4) is 28.6 Å². The molecule has 1 aromatic heterocycles. The van der Waals surface area contributed by atoms with E-state index in [0.717, 1.165) is 28.8 Å². The molecule has 5 rings (SSSR count). The number of carbonyl (C=O) groups is 2. The van der Waals surface area contributed by atoms with Gasteiger partial charge in [0.05, 0.1) is 23.7 Å². The third-order valence-electron chi connectivity index (χ3n) is 6.14. The van der Waals surface area contributed by atoms with E-state index < -0.39 is 36.6 Å². The quantitative estimate of drug-likeness (QED) is 0.148. The van der Waals surface area contributed by atoms with Crippen molar-refractivity contribution in [1.82, 2.24) is 25.6 Å². The average Bonchev–Trinajstić information content (AvgIpc) is 3.63. The van der Waals surface area contributed by atoms with E-state index in [1.807, 2.05) is 0 Å². The van der Waals surface area contributed by atoms with E-state index in [0.29, 0.717) is 22.6 Å². The molecule has 3 aromatic carbocycles. The maximum absolute atomic E-state index is 12.7. The molecule has 1 fully saturated rings. The third-order valence-corrected chi connectivity index (χ3v) is 7.43. The zero-order valence-corrected chi connectivity index (χ0v) is 25.1. The molecule has 47 heavy (non-hydrogen) atoms. The van der Waals surface area contributed by atoms with Gasteiger partial charge in [0.15, 0.2) is 17.9 Å². The molecule has 2 N–H and O–H groups in total. The Morgan fingerprint density at radius 3 is 2.43 bits per heavy atom. The van der Waals surface area contributed by atoms with Crippen LogP contribution in [0.2, 0.25) is 5.02 Å². The summed E-state index contributed by atoms with van der Waals surface area (Å²) in [6.07, 6.45) is -8.02. The predicted octanol–water partition coefficient (Wildman–Crippen LogP) is 6.22. The lowest BCUT2D eigenvalue weighted by Crippen LogP contribution is -2.48. The van der Waals surface area contributed by atoms with Gasteiger partial charge in [0.25, 0.3) is 0 Å². The summed E-state index contributed by atoms with van der Waals surface area (Å²) in [6, 6.07) is 14.8. The highest BCUT2D eigenvalue weighted by atomic mass is 35.5. The molecule has 0 spiro atoms. The number of rotatable bonds is 10. The third kappa shape index (κ3) is 9.20. The second-order valence-electron chi connectivity index (χ2n) is 9.56. The number of hydrogen-bond acceptors (Lipinski definition) is 8. The van der Waals surface area contributed by atoms with E-state index in [1.54, 1.807) is 24.3 Å². The van der Waals surface area contributed by atoms with Crippen LogP contribution >= 0.6 is 23.4 Å². The van der Waals surface area contributed by atoms with Crippen molar-refractivity contribution in [1.29, 1.82) is 0 Å². The lowest BCUT2D eigenvalue weighted by molar-refractivity contribution is -0.274. The molecule has 1 aliphatic rings. The largest absolute Gasteiger partial charge is 0.573 e. The molecule has 248 valence electrons. The summed E-state index contributed by atoms with van der Waals surface area (Å²) >= 11 is 7.04. The normalized spacial score (nSPS) is 15.1. The molecular formula is C28H21ClF6N6O5S. The first-order chi connectivity index (χ1) is 22.2. The number of benzene rings is 3. The van der Waals surface area contributed by atoms with Crippen LogP contribution in [0.5, 0.6) is 11.5 Å². The second-order valence-corrected chi connectivity index (χ2v) is 11.1. The second kappa shape index (κ2) is 14.0. The minimum atomic E-state index is -4.80. The van der Waals surface area contributed by atoms with Crippen LogP contribution < -0.4 is 25.2 Å². The first-order valence-corrected chi connectivity index (χ1v) is 14.6. The van der Waals surface area contributed by atoms with Crippen LogP contribution in [0.4, 0.5) is 36.8 Å². The Labute approximate surface area is 270 Å². The Balaban J connectivity index is 1.14. The monoisotopic (exact) mass is 702 g/mol. The number of thioether (sulfide) groups is 1. The van der Waals surface area contributed by atoms with Crippen molar-refractivity contribution >= 4 is 41.0 Å². The molecule has 0 aliphatic carbocycles. The van der Waals surface area contributed by atoms with Crippen LogP contribution in [0.15, 0.2) is 73.1 Å². The van der Waals surface area contributed by atoms with Crippen LogP contribution in [-0.4, -0.2) is 57.1 Å². The first-order valence-electron chi connectivity index (χ1n) is 13.2. The number of aromatic nitrogens is 3. The number of halogens is 7. The number of alkyl halides is 6. The first kappa shape index (κ1) is 33.7. The number of ether oxygens (including phenoxy) is 2. The molecule has 2 heterocycles. The smallest absolute Gasteiger partial charge is 0.482 e. The summed E-state index contributed by atoms with van der Waals surface area (Å²) in [7, 11) is 0. The molecule has 1 atom stereocenters. The Morgan fingerprint density at radius 1 is 1.02 bits per heavy atom. The van der Waals surface area contributed by atoms with Gasteiger partial charge >= 0.3 is 18.6 Å². The van der Waals surface area contributed by atoms with Crippen molar-refractivity contribution < 1.29 is 50.2 Å². The number of urea groups is 1. The Bertz CT molecular complexity index is 1720. The summed E-state index contributed by atoms with van der Waals surface area (Å²) in [6.45, 7) is -1.66. The van der Waals surface area contributed by atoms with Gasteiger partial charge in [-0.2, -0.15) is 13.2 Å². The van der Waals surface area contributed by atoms with E-state index >= 15 is 0 Å². The van der Waals surface area contributed by atoms with E-state index in [2.05, 4.69) is 25.6 Å². The van der Waals surface area contributed by atoms with Gasteiger partial charge in [0.2, 0.25) is 5.91 Å². The molecule has 4 aromatic rings. The molecule has 3 amide bonds. The van der Waals surface area contributed by atoms with Crippen molar-refractivity contribution in [3.63, 3.8) is 0 Å². The number of carbonyl (C=O) groups excluding carboxylic acids is 2. The SMILES string of the molecule is O=C(NOCc1ccc(-c2ncn(-c3ccc(OC(F)(F)F)cc3)n2)cc1)NC1SCC(=O)N1c1cc(Cl)ccc1OCC(F)(F)F. The molecule has 11 nitrogen and oxygen atoms in total. The summed E-state index contributed by atoms with van der Waals surface area (Å²) in [4.78, 5) is 35.7. The number of anilines is 1. The Morgan fingerprint density at radius 2 is 1.74 bits per heavy atom. The Hall–Kier alpha value is -4.68. The number of nitrogens with one attached hydrogen (secondary N) is 2. The number of hydroxylamine groups is 1. The molecule has 1 aliphatic heterocycles. The van der Waals surface area contributed by atoms with Crippen LogP contribution in [-0.2, 0) is 16.2 Å². The zero-order chi connectivity index (χ0) is 33.8. The predicted molar refractivity (Wildman–Crippen MR) is 157 cm³/mol. The fourth-order valence-electron chi connectivity index (χ4n) is 4.15. The molecular weight excluding hydrogens is 682 g/mol. The van der Waals surface area contributed by atoms with E-state index in [9.17, 15) is 35.9 Å². The van der Waals surface area contributed by atoms with Crippen LogP contribution in [0.3, 0.4) is 0 Å². The highest BCUT2D eigenvalue weighted by Gasteiger charge is 2.37. The van der Waals surface area contributed by atoms with Gasteiger partial charge in [-0.05, 0) is 48.0 Å². The highest BCUT2D eigenvalue weighted by Crippen LogP contribution is 2.38. The number of hydrogen-bond donors (Lipinski definition) is 2. The van der Waals surface area contributed by atoms with Crippen molar-refractivity contribution in [2.24, 2.45) is 0 Å². The molecule has 19 heteroatoms. The van der Waals surface area contributed by atoms with E-state index in [4.69, 9.17) is 21.2 Å². The molecule has 1 unspecified atom stereocenters. The Kier molecular flexibility index (Phi) is 10.0. The average molecular weight is 703 g/mol. The maximum Gasteiger partial charge on any atom is 0.573 e. The molecule has 0 bridgehead atoms. The minimum Gasteiger partial charge on any atom is -0.482 e. The molecule has 0 saturated carbocycles. The fraction of sp³-hybridized carbons (Fsp3) is 0.214. The maximum atomic E-state index is 12.7. The summed E-state index contributed by atoms with van der Waals surface area (Å²) in [5, 5.41) is 6.99. The topological polar surface area (TPSA) is 120 Å². The highest BCUT2D eigenvalue weighted by molar-refractivity contribution is 8.01. The fourth-order valence-corrected chi connectivity index (χ4v) is 5.33.